The Bertz CT molecular complexity index is 616. The van der Waals surface area contributed by atoms with Crippen molar-refractivity contribution in [3.8, 4) is 0 Å². The van der Waals surface area contributed by atoms with Crippen LogP contribution in [0.15, 0.2) is 18.2 Å². The zero-order chi connectivity index (χ0) is 16.6. The van der Waals surface area contributed by atoms with E-state index < -0.39 is 5.82 Å². The van der Waals surface area contributed by atoms with Crippen molar-refractivity contribution >= 4 is 23.4 Å². The molecule has 0 aliphatic carbocycles. The fourth-order valence-corrected chi connectivity index (χ4v) is 3.53. The first kappa shape index (κ1) is 16.4. The molecule has 5 nitrogen and oxygen atoms in total. The number of likely N-dealkylation sites (tertiary alicyclic amines) is 2. The van der Waals surface area contributed by atoms with E-state index in [1.165, 1.54) is 18.1 Å². The molecule has 124 valence electrons. The fourth-order valence-electron chi connectivity index (χ4n) is 3.34. The van der Waals surface area contributed by atoms with E-state index in [2.05, 4.69) is 0 Å². The summed E-state index contributed by atoms with van der Waals surface area (Å²) in [6.45, 7) is 1.91. The minimum absolute atomic E-state index is 0.0831. The van der Waals surface area contributed by atoms with Crippen LogP contribution >= 0.6 is 11.6 Å². The second-order valence-electron chi connectivity index (χ2n) is 5.94. The number of methoxy groups -OCH3 is 1. The number of hydrogen-bond donors (Lipinski definition) is 0. The van der Waals surface area contributed by atoms with Gasteiger partial charge in [0.2, 0.25) is 11.8 Å². The number of fused-ring (bicyclic) bond motifs is 1. The molecule has 2 fully saturated rings. The maximum Gasteiger partial charge on any atom is 0.234 e. The van der Waals surface area contributed by atoms with E-state index in [1.54, 1.807) is 12.1 Å². The number of nitrogens with zero attached hydrogens (tertiary/aromatic N) is 2. The number of benzene rings is 1. The van der Waals surface area contributed by atoms with Crippen molar-refractivity contribution < 1.29 is 18.7 Å². The molecule has 0 saturated carbocycles. The summed E-state index contributed by atoms with van der Waals surface area (Å²) in [4.78, 5) is 27.9. The fraction of sp³-hybridized carbons (Fsp3) is 0.500. The lowest BCUT2D eigenvalue weighted by atomic mass is 10.00. The van der Waals surface area contributed by atoms with Crippen molar-refractivity contribution in [3.63, 3.8) is 0 Å². The van der Waals surface area contributed by atoms with Crippen molar-refractivity contribution in [1.82, 2.24) is 9.80 Å². The first-order chi connectivity index (χ1) is 11.0. The number of amides is 2. The van der Waals surface area contributed by atoms with E-state index in [4.69, 9.17) is 16.3 Å². The maximum absolute atomic E-state index is 14.0. The molecule has 1 aromatic rings. The summed E-state index contributed by atoms with van der Waals surface area (Å²) in [5.74, 6) is -1.40. The summed E-state index contributed by atoms with van der Waals surface area (Å²) in [5.41, 5.74) is 0.480. The lowest BCUT2D eigenvalue weighted by molar-refractivity contribution is -0.141. The molecular formula is C16H18ClFN2O3. The molecule has 1 aromatic carbocycles. The smallest absolute Gasteiger partial charge is 0.234 e. The number of carbonyl (C=O) groups is 2. The number of imide groups is 1. The normalized spacial score (nSPS) is 24.6. The van der Waals surface area contributed by atoms with E-state index >= 15 is 0 Å². The molecular weight excluding hydrogens is 323 g/mol. The zero-order valence-corrected chi connectivity index (χ0v) is 13.6. The van der Waals surface area contributed by atoms with Crippen LogP contribution < -0.4 is 0 Å². The second kappa shape index (κ2) is 6.55. The Balaban J connectivity index is 1.67. The maximum atomic E-state index is 14.0. The van der Waals surface area contributed by atoms with E-state index in [-0.39, 0.29) is 28.7 Å². The number of ether oxygens (including phenoxy) is 1. The van der Waals surface area contributed by atoms with Crippen molar-refractivity contribution in [2.75, 3.05) is 33.4 Å². The Morgan fingerprint density at radius 3 is 2.52 bits per heavy atom. The van der Waals surface area contributed by atoms with Crippen molar-refractivity contribution in [2.24, 2.45) is 11.8 Å². The van der Waals surface area contributed by atoms with Gasteiger partial charge in [0.15, 0.2) is 0 Å². The first-order valence-electron chi connectivity index (χ1n) is 7.52. The molecule has 0 radical (unpaired) electrons. The third-order valence-corrected chi connectivity index (χ3v) is 4.80. The van der Waals surface area contributed by atoms with Gasteiger partial charge in [0, 0.05) is 32.3 Å². The Hall–Kier alpha value is -1.50. The predicted octanol–water partition coefficient (Wildman–Crippen LogP) is 1.54. The van der Waals surface area contributed by atoms with Crippen molar-refractivity contribution in [2.45, 2.75) is 6.54 Å². The van der Waals surface area contributed by atoms with Crippen LogP contribution in [0.4, 0.5) is 4.39 Å². The third-order valence-electron chi connectivity index (χ3n) is 4.51. The molecule has 23 heavy (non-hydrogen) atoms. The van der Waals surface area contributed by atoms with E-state index in [1.807, 2.05) is 4.90 Å². The van der Waals surface area contributed by atoms with Gasteiger partial charge in [-0.3, -0.25) is 19.4 Å². The highest BCUT2D eigenvalue weighted by molar-refractivity contribution is 6.30. The predicted molar refractivity (Wildman–Crippen MR) is 82.3 cm³/mol. The zero-order valence-electron chi connectivity index (χ0n) is 12.8. The summed E-state index contributed by atoms with van der Waals surface area (Å²) in [7, 11) is 1.53. The SMILES string of the molecule is COCCN1C(=O)[C@H]2CN(Cc3cccc(Cl)c3F)C[C@H]2C1=O. The molecule has 3 rings (SSSR count). The van der Waals surface area contributed by atoms with Gasteiger partial charge < -0.3 is 4.74 Å². The minimum atomic E-state index is -0.439. The molecule has 0 aromatic heterocycles. The van der Waals surface area contributed by atoms with Gasteiger partial charge in [-0.25, -0.2) is 4.39 Å². The summed E-state index contributed by atoms with van der Waals surface area (Å²) in [6.07, 6.45) is 0. The summed E-state index contributed by atoms with van der Waals surface area (Å²) in [5, 5.41) is 0.0831. The summed E-state index contributed by atoms with van der Waals surface area (Å²) < 4.78 is 18.9. The average molecular weight is 341 g/mol. The van der Waals surface area contributed by atoms with Gasteiger partial charge in [-0.05, 0) is 6.07 Å². The quantitative estimate of drug-likeness (QED) is 0.763. The average Bonchev–Trinajstić information content (AvgIpc) is 3.03. The number of halogens is 2. The molecule has 2 amide bonds. The first-order valence-corrected chi connectivity index (χ1v) is 7.90. The van der Waals surface area contributed by atoms with Gasteiger partial charge in [-0.15, -0.1) is 0 Å². The molecule has 0 bridgehead atoms. The Morgan fingerprint density at radius 1 is 1.26 bits per heavy atom. The van der Waals surface area contributed by atoms with Crippen LogP contribution in [0, 0.1) is 17.7 Å². The van der Waals surface area contributed by atoms with E-state index in [9.17, 15) is 14.0 Å². The largest absolute Gasteiger partial charge is 0.383 e. The van der Waals surface area contributed by atoms with Crippen LogP contribution in [0.5, 0.6) is 0 Å². The summed E-state index contributed by atoms with van der Waals surface area (Å²) >= 11 is 5.79. The lowest BCUT2D eigenvalue weighted by Gasteiger charge is -2.20. The van der Waals surface area contributed by atoms with Crippen LogP contribution in [-0.4, -0.2) is 55.0 Å². The molecule has 2 aliphatic heterocycles. The Kier molecular flexibility index (Phi) is 4.66. The highest BCUT2D eigenvalue weighted by Gasteiger charge is 2.51. The van der Waals surface area contributed by atoms with Crippen molar-refractivity contribution in [1.29, 1.82) is 0 Å². The molecule has 0 spiro atoms. The standard InChI is InChI=1S/C16H18ClFN2O3/c1-23-6-5-20-15(21)11-8-19(9-12(11)16(20)22)7-10-3-2-4-13(17)14(10)18/h2-4,11-12H,5-9H2,1H3/t11-,12+. The van der Waals surface area contributed by atoms with Gasteiger partial charge in [0.25, 0.3) is 0 Å². The van der Waals surface area contributed by atoms with Crippen LogP contribution in [0.1, 0.15) is 5.56 Å². The van der Waals surface area contributed by atoms with E-state index in [0.717, 1.165) is 0 Å². The van der Waals surface area contributed by atoms with Crippen LogP contribution in [0.25, 0.3) is 0 Å². The molecule has 2 atom stereocenters. The van der Waals surface area contributed by atoms with Gasteiger partial charge >= 0.3 is 0 Å². The highest BCUT2D eigenvalue weighted by atomic mass is 35.5. The van der Waals surface area contributed by atoms with Crippen LogP contribution in [0.3, 0.4) is 0 Å². The molecule has 0 unspecified atom stereocenters. The van der Waals surface area contributed by atoms with Crippen LogP contribution in [0.2, 0.25) is 5.02 Å². The number of rotatable bonds is 5. The molecule has 0 N–H and O–H groups in total. The molecule has 2 aliphatic rings. The third kappa shape index (κ3) is 2.98. The second-order valence-corrected chi connectivity index (χ2v) is 6.35. The highest BCUT2D eigenvalue weighted by Crippen LogP contribution is 2.34. The van der Waals surface area contributed by atoms with Gasteiger partial charge in [0.05, 0.1) is 30.0 Å². The lowest BCUT2D eigenvalue weighted by Crippen LogP contribution is -2.37. The molecule has 2 heterocycles. The molecule has 7 heteroatoms. The number of carbonyl (C=O) groups excluding carboxylic acids is 2. The van der Waals surface area contributed by atoms with Gasteiger partial charge in [-0.1, -0.05) is 23.7 Å². The minimum Gasteiger partial charge on any atom is -0.383 e. The van der Waals surface area contributed by atoms with Crippen LogP contribution in [-0.2, 0) is 20.9 Å². The Labute approximate surface area is 138 Å². The molecule has 2 saturated heterocycles. The Morgan fingerprint density at radius 2 is 1.91 bits per heavy atom. The van der Waals surface area contributed by atoms with Gasteiger partial charge in [-0.2, -0.15) is 0 Å². The van der Waals surface area contributed by atoms with Gasteiger partial charge in [0.1, 0.15) is 5.82 Å². The monoisotopic (exact) mass is 340 g/mol. The van der Waals surface area contributed by atoms with Crippen molar-refractivity contribution in [3.05, 3.63) is 34.6 Å². The number of hydrogen-bond acceptors (Lipinski definition) is 4. The topological polar surface area (TPSA) is 49.9 Å². The summed E-state index contributed by atoms with van der Waals surface area (Å²) in [6, 6.07) is 4.87. The van der Waals surface area contributed by atoms with E-state index in [0.29, 0.717) is 38.3 Å².